The largest absolute Gasteiger partial charge is 0.494 e. The second kappa shape index (κ2) is 9.25. The van der Waals surface area contributed by atoms with Gasteiger partial charge in [0.1, 0.15) is 18.1 Å². The SMILES string of the molecule is CCCOc1ccc(C(=O)Nc2cccc(OC[C@H]3CCCO3)c2)cc1. The van der Waals surface area contributed by atoms with E-state index < -0.39 is 0 Å². The van der Waals surface area contributed by atoms with Crippen LogP contribution in [0.1, 0.15) is 36.5 Å². The molecule has 2 aromatic carbocycles. The zero-order chi connectivity index (χ0) is 18.2. The number of hydrogen-bond acceptors (Lipinski definition) is 4. The van der Waals surface area contributed by atoms with Crippen molar-refractivity contribution >= 4 is 11.6 Å². The molecule has 1 aliphatic rings. The van der Waals surface area contributed by atoms with Crippen LogP contribution < -0.4 is 14.8 Å². The molecular weight excluding hydrogens is 330 g/mol. The fourth-order valence-electron chi connectivity index (χ4n) is 2.75. The highest BCUT2D eigenvalue weighted by Gasteiger charge is 2.16. The van der Waals surface area contributed by atoms with E-state index >= 15 is 0 Å². The van der Waals surface area contributed by atoms with Crippen LogP contribution in [-0.2, 0) is 4.74 Å². The Morgan fingerprint density at radius 2 is 2.00 bits per heavy atom. The van der Waals surface area contributed by atoms with Gasteiger partial charge in [-0.1, -0.05) is 13.0 Å². The maximum Gasteiger partial charge on any atom is 0.255 e. The molecule has 0 aromatic heterocycles. The second-order valence-electron chi connectivity index (χ2n) is 6.30. The number of rotatable bonds is 8. The molecule has 0 bridgehead atoms. The van der Waals surface area contributed by atoms with Crippen LogP contribution in [0.2, 0.25) is 0 Å². The third kappa shape index (κ3) is 5.23. The summed E-state index contributed by atoms with van der Waals surface area (Å²) in [5.41, 5.74) is 1.28. The van der Waals surface area contributed by atoms with E-state index in [2.05, 4.69) is 12.2 Å². The summed E-state index contributed by atoms with van der Waals surface area (Å²) in [6.07, 6.45) is 3.25. The van der Waals surface area contributed by atoms with Gasteiger partial charge in [-0.3, -0.25) is 4.79 Å². The van der Waals surface area contributed by atoms with Crippen LogP contribution in [0.4, 0.5) is 5.69 Å². The van der Waals surface area contributed by atoms with Gasteiger partial charge in [0.25, 0.3) is 5.91 Å². The Hall–Kier alpha value is -2.53. The molecule has 1 heterocycles. The van der Waals surface area contributed by atoms with Gasteiger partial charge in [-0.25, -0.2) is 0 Å². The number of nitrogens with one attached hydrogen (secondary N) is 1. The van der Waals surface area contributed by atoms with E-state index in [1.165, 1.54) is 0 Å². The lowest BCUT2D eigenvalue weighted by molar-refractivity contribution is 0.0680. The number of amides is 1. The summed E-state index contributed by atoms with van der Waals surface area (Å²) in [5, 5.41) is 2.90. The lowest BCUT2D eigenvalue weighted by Gasteiger charge is -2.12. The van der Waals surface area contributed by atoms with Gasteiger partial charge in [0.05, 0.1) is 12.7 Å². The second-order valence-corrected chi connectivity index (χ2v) is 6.30. The Morgan fingerprint density at radius 3 is 2.73 bits per heavy atom. The Balaban J connectivity index is 1.55. The Bertz CT molecular complexity index is 708. The minimum Gasteiger partial charge on any atom is -0.494 e. The first-order chi connectivity index (χ1) is 12.7. The fraction of sp³-hybridized carbons (Fsp3) is 0.381. The van der Waals surface area contributed by atoms with Gasteiger partial charge in [0.15, 0.2) is 0 Å². The molecule has 0 aliphatic carbocycles. The first-order valence-corrected chi connectivity index (χ1v) is 9.13. The van der Waals surface area contributed by atoms with Crippen molar-refractivity contribution in [2.24, 2.45) is 0 Å². The average Bonchev–Trinajstić information content (AvgIpc) is 3.19. The van der Waals surface area contributed by atoms with Gasteiger partial charge in [-0.15, -0.1) is 0 Å². The molecule has 1 fully saturated rings. The minimum absolute atomic E-state index is 0.164. The highest BCUT2D eigenvalue weighted by atomic mass is 16.5. The summed E-state index contributed by atoms with van der Waals surface area (Å²) in [5.74, 6) is 1.33. The number of carbonyl (C=O) groups is 1. The molecule has 1 atom stereocenters. The molecule has 26 heavy (non-hydrogen) atoms. The molecule has 0 spiro atoms. The molecule has 138 valence electrons. The molecular formula is C21H25NO4. The van der Waals surface area contributed by atoms with Crippen molar-refractivity contribution in [2.45, 2.75) is 32.3 Å². The molecule has 0 radical (unpaired) electrons. The summed E-state index contributed by atoms with van der Waals surface area (Å²) in [7, 11) is 0. The fourth-order valence-corrected chi connectivity index (χ4v) is 2.75. The molecule has 1 amide bonds. The Kier molecular flexibility index (Phi) is 6.50. The van der Waals surface area contributed by atoms with Gasteiger partial charge in [0.2, 0.25) is 0 Å². The van der Waals surface area contributed by atoms with Crippen LogP contribution in [0.25, 0.3) is 0 Å². The summed E-state index contributed by atoms with van der Waals surface area (Å²) in [6, 6.07) is 14.6. The van der Waals surface area contributed by atoms with Crippen LogP contribution in [0, 0.1) is 0 Å². The Morgan fingerprint density at radius 1 is 1.15 bits per heavy atom. The number of benzene rings is 2. The number of anilines is 1. The van der Waals surface area contributed by atoms with E-state index in [-0.39, 0.29) is 12.0 Å². The third-order valence-electron chi connectivity index (χ3n) is 4.14. The normalized spacial score (nSPS) is 16.3. The number of hydrogen-bond donors (Lipinski definition) is 1. The zero-order valence-corrected chi connectivity index (χ0v) is 15.1. The van der Waals surface area contributed by atoms with Crippen molar-refractivity contribution in [3.8, 4) is 11.5 Å². The van der Waals surface area contributed by atoms with E-state index in [4.69, 9.17) is 14.2 Å². The predicted octanol–water partition coefficient (Wildman–Crippen LogP) is 4.29. The summed E-state index contributed by atoms with van der Waals surface area (Å²) >= 11 is 0. The summed E-state index contributed by atoms with van der Waals surface area (Å²) < 4.78 is 16.9. The van der Waals surface area contributed by atoms with Gasteiger partial charge in [-0.2, -0.15) is 0 Å². The van der Waals surface area contributed by atoms with Gasteiger partial charge < -0.3 is 19.5 Å². The van der Waals surface area contributed by atoms with E-state index in [9.17, 15) is 4.79 Å². The van der Waals surface area contributed by atoms with Gasteiger partial charge in [0, 0.05) is 23.9 Å². The number of carbonyl (C=O) groups excluding carboxylic acids is 1. The maximum absolute atomic E-state index is 12.4. The molecule has 0 unspecified atom stereocenters. The lowest BCUT2D eigenvalue weighted by atomic mass is 10.2. The van der Waals surface area contributed by atoms with E-state index in [1.54, 1.807) is 12.1 Å². The van der Waals surface area contributed by atoms with Crippen LogP contribution in [0.3, 0.4) is 0 Å². The maximum atomic E-state index is 12.4. The zero-order valence-electron chi connectivity index (χ0n) is 15.1. The van der Waals surface area contributed by atoms with Crippen LogP contribution in [0.15, 0.2) is 48.5 Å². The molecule has 1 aliphatic heterocycles. The van der Waals surface area contributed by atoms with Crippen molar-refractivity contribution < 1.29 is 19.0 Å². The van der Waals surface area contributed by atoms with Gasteiger partial charge in [-0.05, 0) is 55.7 Å². The smallest absolute Gasteiger partial charge is 0.255 e. The first kappa shape index (κ1) is 18.3. The highest BCUT2D eigenvalue weighted by molar-refractivity contribution is 6.04. The minimum atomic E-state index is -0.164. The van der Waals surface area contributed by atoms with Crippen molar-refractivity contribution in [1.29, 1.82) is 0 Å². The number of ether oxygens (including phenoxy) is 3. The molecule has 5 heteroatoms. The monoisotopic (exact) mass is 355 g/mol. The summed E-state index contributed by atoms with van der Waals surface area (Å²) in [6.45, 7) is 4.08. The molecule has 2 aromatic rings. The third-order valence-corrected chi connectivity index (χ3v) is 4.14. The van der Waals surface area contributed by atoms with E-state index in [0.717, 1.165) is 37.4 Å². The van der Waals surface area contributed by atoms with Crippen LogP contribution >= 0.6 is 0 Å². The van der Waals surface area contributed by atoms with Crippen LogP contribution in [0.5, 0.6) is 11.5 Å². The first-order valence-electron chi connectivity index (χ1n) is 9.13. The average molecular weight is 355 g/mol. The van der Waals surface area contributed by atoms with Crippen molar-refractivity contribution in [3.05, 3.63) is 54.1 Å². The van der Waals surface area contributed by atoms with Crippen molar-refractivity contribution in [3.63, 3.8) is 0 Å². The molecule has 1 saturated heterocycles. The lowest BCUT2D eigenvalue weighted by Crippen LogP contribution is -2.16. The predicted molar refractivity (Wildman–Crippen MR) is 101 cm³/mol. The van der Waals surface area contributed by atoms with Crippen molar-refractivity contribution in [1.82, 2.24) is 0 Å². The Labute approximate surface area is 154 Å². The van der Waals surface area contributed by atoms with Gasteiger partial charge >= 0.3 is 0 Å². The van der Waals surface area contributed by atoms with E-state index in [1.807, 2.05) is 36.4 Å². The van der Waals surface area contributed by atoms with E-state index in [0.29, 0.717) is 24.5 Å². The van der Waals surface area contributed by atoms with Crippen molar-refractivity contribution in [2.75, 3.05) is 25.1 Å². The topological polar surface area (TPSA) is 56.8 Å². The molecule has 1 N–H and O–H groups in total. The summed E-state index contributed by atoms with van der Waals surface area (Å²) in [4.78, 5) is 12.4. The van der Waals surface area contributed by atoms with Crippen LogP contribution in [-0.4, -0.2) is 31.8 Å². The standard InChI is InChI=1S/C21H25NO4/c1-2-12-24-18-10-8-16(9-11-18)21(23)22-17-5-3-6-19(14-17)26-15-20-7-4-13-25-20/h3,5-6,8-11,14,20H,2,4,7,12-13,15H2,1H3,(H,22,23)/t20-/m1/s1. The highest BCUT2D eigenvalue weighted by Crippen LogP contribution is 2.21. The quantitative estimate of drug-likeness (QED) is 0.768. The molecule has 3 rings (SSSR count). The molecule has 0 saturated carbocycles. The molecule has 5 nitrogen and oxygen atoms in total.